The first-order valence-corrected chi connectivity index (χ1v) is 6.64. The molecule has 1 unspecified atom stereocenters. The Morgan fingerprint density at radius 1 is 0.952 bits per heavy atom. The third-order valence-electron chi connectivity index (χ3n) is 3.67. The average molecular weight is 293 g/mol. The van der Waals surface area contributed by atoms with Crippen LogP contribution in [0.25, 0.3) is 0 Å². The quantitative estimate of drug-likeness (QED) is 0.854. The van der Waals surface area contributed by atoms with E-state index in [0.29, 0.717) is 12.2 Å². The van der Waals surface area contributed by atoms with E-state index in [4.69, 9.17) is 10.5 Å². The minimum Gasteiger partial charge on any atom is -0.485 e. The van der Waals surface area contributed by atoms with Gasteiger partial charge in [0.05, 0.1) is 5.56 Å². The van der Waals surface area contributed by atoms with Crippen molar-refractivity contribution in [3.63, 3.8) is 0 Å². The van der Waals surface area contributed by atoms with E-state index in [-0.39, 0.29) is 11.6 Å². The predicted octanol–water partition coefficient (Wildman–Crippen LogP) is 4.23. The van der Waals surface area contributed by atoms with E-state index in [2.05, 4.69) is 0 Å². The Labute approximate surface area is 120 Å². The highest BCUT2D eigenvalue weighted by atomic mass is 19.4. The van der Waals surface area contributed by atoms with Gasteiger partial charge in [0.15, 0.2) is 0 Å². The van der Waals surface area contributed by atoms with E-state index in [1.807, 2.05) is 12.1 Å². The highest BCUT2D eigenvalue weighted by Gasteiger charge is 2.37. The van der Waals surface area contributed by atoms with Gasteiger partial charge in [0, 0.05) is 23.6 Å². The van der Waals surface area contributed by atoms with E-state index in [1.54, 1.807) is 18.2 Å². The van der Waals surface area contributed by atoms with E-state index in [0.717, 1.165) is 11.6 Å². The molecule has 1 heterocycles. The maximum absolute atomic E-state index is 13.1. The molecular formula is C16H14F3NO. The number of ether oxygens (including phenoxy) is 1. The monoisotopic (exact) mass is 293 g/mol. The van der Waals surface area contributed by atoms with Gasteiger partial charge >= 0.3 is 6.18 Å². The summed E-state index contributed by atoms with van der Waals surface area (Å²) >= 11 is 0. The summed E-state index contributed by atoms with van der Waals surface area (Å²) in [5.74, 6) is 0.554. The molecule has 0 saturated heterocycles. The summed E-state index contributed by atoms with van der Waals surface area (Å²) < 4.78 is 45.1. The van der Waals surface area contributed by atoms with Crippen LogP contribution in [0, 0.1) is 0 Å². The van der Waals surface area contributed by atoms with Crippen molar-refractivity contribution in [2.24, 2.45) is 5.73 Å². The maximum Gasteiger partial charge on any atom is 0.416 e. The Morgan fingerprint density at radius 3 is 2.29 bits per heavy atom. The molecule has 0 aliphatic carbocycles. The zero-order chi connectivity index (χ0) is 15.0. The number of hydrogen-bond donors (Lipinski definition) is 1. The average Bonchev–Trinajstić information content (AvgIpc) is 2.46. The molecule has 0 amide bonds. The highest BCUT2D eigenvalue weighted by molar-refractivity contribution is 5.40. The first-order valence-electron chi connectivity index (χ1n) is 6.64. The molecule has 0 fully saturated rings. The summed E-state index contributed by atoms with van der Waals surface area (Å²) in [4.78, 5) is 0. The topological polar surface area (TPSA) is 35.2 Å². The number of benzene rings is 2. The maximum atomic E-state index is 13.1. The Bertz CT molecular complexity index is 654. The molecule has 1 aliphatic rings. The number of halogens is 3. The van der Waals surface area contributed by atoms with Crippen LogP contribution in [0.5, 0.6) is 5.75 Å². The van der Waals surface area contributed by atoms with Gasteiger partial charge in [-0.2, -0.15) is 13.2 Å². The van der Waals surface area contributed by atoms with Crippen molar-refractivity contribution in [3.8, 4) is 5.75 Å². The van der Waals surface area contributed by atoms with E-state index < -0.39 is 17.8 Å². The van der Waals surface area contributed by atoms with Crippen molar-refractivity contribution in [1.82, 2.24) is 0 Å². The summed E-state index contributed by atoms with van der Waals surface area (Å²) in [5.41, 5.74) is 6.37. The van der Waals surface area contributed by atoms with E-state index in [1.165, 1.54) is 12.1 Å². The van der Waals surface area contributed by atoms with Crippen LogP contribution in [0.2, 0.25) is 0 Å². The number of alkyl halides is 3. The molecule has 5 heteroatoms. The van der Waals surface area contributed by atoms with Crippen LogP contribution in [0.3, 0.4) is 0 Å². The van der Waals surface area contributed by atoms with Crippen LogP contribution in [0.1, 0.15) is 35.3 Å². The fourth-order valence-electron chi connectivity index (χ4n) is 2.68. The van der Waals surface area contributed by atoms with Crippen LogP contribution < -0.4 is 10.5 Å². The number of nitrogens with two attached hydrogens (primary N) is 1. The second kappa shape index (κ2) is 5.07. The van der Waals surface area contributed by atoms with Crippen LogP contribution in [-0.2, 0) is 6.18 Å². The Hall–Kier alpha value is -2.01. The zero-order valence-electron chi connectivity index (χ0n) is 11.1. The Kier molecular flexibility index (Phi) is 3.37. The van der Waals surface area contributed by atoms with Crippen molar-refractivity contribution in [2.75, 3.05) is 0 Å². The van der Waals surface area contributed by atoms with Gasteiger partial charge in [0.1, 0.15) is 11.9 Å². The van der Waals surface area contributed by atoms with Crippen molar-refractivity contribution in [1.29, 1.82) is 0 Å². The lowest BCUT2D eigenvalue weighted by molar-refractivity contribution is -0.139. The second-order valence-corrected chi connectivity index (χ2v) is 5.07. The molecule has 0 saturated carbocycles. The highest BCUT2D eigenvalue weighted by Crippen LogP contribution is 2.43. The summed E-state index contributed by atoms with van der Waals surface area (Å²) in [6.45, 7) is 0. The molecule has 2 nitrogen and oxygen atoms in total. The van der Waals surface area contributed by atoms with Crippen molar-refractivity contribution >= 4 is 0 Å². The molecule has 2 aromatic rings. The third-order valence-corrected chi connectivity index (χ3v) is 3.67. The zero-order valence-corrected chi connectivity index (χ0v) is 11.1. The molecule has 110 valence electrons. The minimum atomic E-state index is -4.40. The first-order chi connectivity index (χ1) is 9.97. The molecule has 2 N–H and O–H groups in total. The SMILES string of the molecule is N[C@H]1CC(c2ccccc2C(F)(F)F)Oc2ccccc21. The van der Waals surface area contributed by atoms with Gasteiger partial charge in [-0.15, -0.1) is 0 Å². The van der Waals surface area contributed by atoms with Gasteiger partial charge in [-0.3, -0.25) is 0 Å². The predicted molar refractivity (Wildman–Crippen MR) is 72.8 cm³/mol. The van der Waals surface area contributed by atoms with Gasteiger partial charge in [0.2, 0.25) is 0 Å². The van der Waals surface area contributed by atoms with Gasteiger partial charge in [-0.05, 0) is 12.1 Å². The van der Waals surface area contributed by atoms with Crippen LogP contribution in [0.15, 0.2) is 48.5 Å². The largest absolute Gasteiger partial charge is 0.485 e. The van der Waals surface area contributed by atoms with Crippen molar-refractivity contribution < 1.29 is 17.9 Å². The molecule has 2 aromatic carbocycles. The number of para-hydroxylation sites is 1. The smallest absolute Gasteiger partial charge is 0.416 e. The molecule has 0 spiro atoms. The lowest BCUT2D eigenvalue weighted by Gasteiger charge is -2.31. The van der Waals surface area contributed by atoms with Crippen LogP contribution in [0.4, 0.5) is 13.2 Å². The van der Waals surface area contributed by atoms with E-state index >= 15 is 0 Å². The summed E-state index contributed by atoms with van der Waals surface area (Å²) in [5, 5.41) is 0. The second-order valence-electron chi connectivity index (χ2n) is 5.07. The minimum absolute atomic E-state index is 0.134. The number of fused-ring (bicyclic) bond motifs is 1. The molecule has 3 rings (SSSR count). The molecular weight excluding hydrogens is 279 g/mol. The molecule has 0 aromatic heterocycles. The number of hydrogen-bond acceptors (Lipinski definition) is 2. The summed E-state index contributed by atoms with van der Waals surface area (Å²) in [6, 6.07) is 12.3. The van der Waals surface area contributed by atoms with E-state index in [9.17, 15) is 13.2 Å². The molecule has 0 bridgehead atoms. The third kappa shape index (κ3) is 2.61. The van der Waals surface area contributed by atoms with Gasteiger partial charge < -0.3 is 10.5 Å². The van der Waals surface area contributed by atoms with Crippen LogP contribution in [-0.4, -0.2) is 0 Å². The van der Waals surface area contributed by atoms with Gasteiger partial charge in [0.25, 0.3) is 0 Å². The molecule has 0 radical (unpaired) electrons. The molecule has 2 atom stereocenters. The van der Waals surface area contributed by atoms with Crippen molar-refractivity contribution in [2.45, 2.75) is 24.7 Å². The molecule has 1 aliphatic heterocycles. The standard InChI is InChI=1S/C16H14F3NO/c17-16(18,19)12-7-3-1-5-10(12)15-9-13(20)11-6-2-4-8-14(11)21-15/h1-8,13,15H,9,20H2/t13-,15?/m0/s1. The normalized spacial score (nSPS) is 21.5. The first kappa shape index (κ1) is 13.9. The van der Waals surface area contributed by atoms with Gasteiger partial charge in [-0.1, -0.05) is 36.4 Å². The fourth-order valence-corrected chi connectivity index (χ4v) is 2.68. The summed E-state index contributed by atoms with van der Waals surface area (Å²) in [6.07, 6.45) is -4.77. The van der Waals surface area contributed by atoms with Gasteiger partial charge in [-0.25, -0.2) is 0 Å². The number of rotatable bonds is 1. The Balaban J connectivity index is 2.01. The molecule has 21 heavy (non-hydrogen) atoms. The van der Waals surface area contributed by atoms with Crippen molar-refractivity contribution in [3.05, 3.63) is 65.2 Å². The fraction of sp³-hybridized carbons (Fsp3) is 0.250. The Morgan fingerprint density at radius 2 is 1.57 bits per heavy atom. The lowest BCUT2D eigenvalue weighted by atomic mass is 9.91. The summed E-state index contributed by atoms with van der Waals surface area (Å²) in [7, 11) is 0. The van der Waals surface area contributed by atoms with Crippen LogP contribution >= 0.6 is 0 Å². The lowest BCUT2D eigenvalue weighted by Crippen LogP contribution is -2.25.